The Morgan fingerprint density at radius 3 is 2.72 bits per heavy atom. The lowest BCUT2D eigenvalue weighted by atomic mass is 10.1. The topological polar surface area (TPSA) is 98.9 Å². The third-order valence-electron chi connectivity index (χ3n) is 3.98. The van der Waals surface area contributed by atoms with Crippen molar-refractivity contribution in [1.82, 2.24) is 4.98 Å². The molecule has 1 N–H and O–H groups in total. The number of rotatable bonds is 8. The molecule has 150 valence electrons. The van der Waals surface area contributed by atoms with Crippen LogP contribution in [0.1, 0.15) is 18.1 Å². The monoisotopic (exact) mass is 412 g/mol. The number of hydrogen-bond acceptors (Lipinski definition) is 8. The third-order valence-corrected chi connectivity index (χ3v) is 4.73. The number of thiazole rings is 1. The van der Waals surface area contributed by atoms with Gasteiger partial charge >= 0.3 is 5.69 Å². The van der Waals surface area contributed by atoms with Crippen LogP contribution in [0, 0.1) is 17.0 Å². The maximum Gasteiger partial charge on any atom is 0.315 e. The number of nitrogens with one attached hydrogen (secondary N) is 1. The second-order valence-corrected chi connectivity index (χ2v) is 6.89. The quantitative estimate of drug-likeness (QED) is 0.322. The molecule has 0 aliphatic heterocycles. The summed E-state index contributed by atoms with van der Waals surface area (Å²) in [7, 11) is 1.37. The van der Waals surface area contributed by atoms with Gasteiger partial charge in [0.25, 0.3) is 0 Å². The predicted molar refractivity (Wildman–Crippen MR) is 114 cm³/mol. The van der Waals surface area contributed by atoms with E-state index in [9.17, 15) is 10.1 Å². The van der Waals surface area contributed by atoms with Crippen molar-refractivity contribution in [2.75, 3.05) is 19.1 Å². The Morgan fingerprint density at radius 1 is 1.31 bits per heavy atom. The number of nitro groups is 1. The molecule has 0 amide bonds. The minimum atomic E-state index is -0.513. The Balaban J connectivity index is 1.78. The summed E-state index contributed by atoms with van der Waals surface area (Å²) in [5.41, 5.74) is 6.24. The Labute approximate surface area is 172 Å². The Bertz CT molecular complexity index is 1030. The molecule has 0 saturated heterocycles. The average molecular weight is 412 g/mol. The molecule has 8 nitrogen and oxygen atoms in total. The number of anilines is 1. The number of ether oxygens (including phenoxy) is 2. The number of aryl methyl sites for hydroxylation is 1. The molecule has 0 aliphatic rings. The van der Waals surface area contributed by atoms with E-state index in [2.05, 4.69) is 15.5 Å². The van der Waals surface area contributed by atoms with Crippen molar-refractivity contribution in [2.45, 2.75) is 13.8 Å². The predicted octanol–water partition coefficient (Wildman–Crippen LogP) is 4.88. The van der Waals surface area contributed by atoms with Crippen molar-refractivity contribution >= 4 is 28.4 Å². The van der Waals surface area contributed by atoms with Crippen LogP contribution in [-0.2, 0) is 0 Å². The molecule has 0 radical (unpaired) electrons. The van der Waals surface area contributed by atoms with Crippen LogP contribution in [0.2, 0.25) is 0 Å². The van der Waals surface area contributed by atoms with Gasteiger partial charge in [0.2, 0.25) is 10.9 Å². The van der Waals surface area contributed by atoms with Crippen molar-refractivity contribution in [2.24, 2.45) is 5.10 Å². The van der Waals surface area contributed by atoms with E-state index in [0.717, 1.165) is 11.3 Å². The zero-order chi connectivity index (χ0) is 20.8. The Hall–Kier alpha value is -3.46. The molecule has 0 spiro atoms. The van der Waals surface area contributed by atoms with Crippen molar-refractivity contribution in [1.29, 1.82) is 0 Å². The zero-order valence-electron chi connectivity index (χ0n) is 16.2. The van der Waals surface area contributed by atoms with Crippen LogP contribution < -0.4 is 14.9 Å². The fraction of sp³-hybridized carbons (Fsp3) is 0.200. The summed E-state index contributed by atoms with van der Waals surface area (Å²) >= 11 is 1.42. The van der Waals surface area contributed by atoms with Crippen molar-refractivity contribution in [3.8, 4) is 22.8 Å². The molecule has 29 heavy (non-hydrogen) atoms. The summed E-state index contributed by atoms with van der Waals surface area (Å²) in [4.78, 5) is 15.3. The lowest BCUT2D eigenvalue weighted by Gasteiger charge is -2.10. The van der Waals surface area contributed by atoms with E-state index < -0.39 is 4.92 Å². The third kappa shape index (κ3) is 4.88. The Kier molecular flexibility index (Phi) is 6.40. The molecule has 1 heterocycles. The number of nitrogens with zero attached hydrogens (tertiary/aromatic N) is 3. The highest BCUT2D eigenvalue weighted by Crippen LogP contribution is 2.37. The molecule has 0 saturated carbocycles. The highest BCUT2D eigenvalue weighted by molar-refractivity contribution is 7.14. The second-order valence-electron chi connectivity index (χ2n) is 6.04. The van der Waals surface area contributed by atoms with Crippen molar-refractivity contribution in [3.63, 3.8) is 0 Å². The van der Waals surface area contributed by atoms with Gasteiger partial charge in [0.15, 0.2) is 5.75 Å². The van der Waals surface area contributed by atoms with Gasteiger partial charge in [-0.15, -0.1) is 11.3 Å². The number of hydrogen-bond donors (Lipinski definition) is 1. The van der Waals surface area contributed by atoms with Crippen LogP contribution in [0.15, 0.2) is 46.9 Å². The minimum Gasteiger partial charge on any atom is -0.490 e. The van der Waals surface area contributed by atoms with E-state index in [-0.39, 0.29) is 11.4 Å². The van der Waals surface area contributed by atoms with Gasteiger partial charge in [-0.1, -0.05) is 29.8 Å². The lowest BCUT2D eigenvalue weighted by molar-refractivity contribution is -0.385. The average Bonchev–Trinajstić information content (AvgIpc) is 3.17. The second kappa shape index (κ2) is 9.16. The van der Waals surface area contributed by atoms with E-state index in [0.29, 0.717) is 23.1 Å². The molecule has 0 bridgehead atoms. The van der Waals surface area contributed by atoms with Gasteiger partial charge in [0.05, 0.1) is 30.5 Å². The maximum absolute atomic E-state index is 11.3. The molecule has 3 rings (SSSR count). The fourth-order valence-electron chi connectivity index (χ4n) is 2.63. The molecule has 2 aromatic carbocycles. The summed E-state index contributed by atoms with van der Waals surface area (Å²) < 4.78 is 10.6. The van der Waals surface area contributed by atoms with Gasteiger partial charge < -0.3 is 9.47 Å². The normalized spacial score (nSPS) is 10.9. The smallest absolute Gasteiger partial charge is 0.315 e. The molecule has 3 aromatic rings. The summed E-state index contributed by atoms with van der Waals surface area (Å²) in [6.07, 6.45) is 1.47. The molecule has 0 aliphatic carbocycles. The number of hydrazone groups is 1. The first kappa shape index (κ1) is 20.3. The number of aromatic nitrogens is 1. The fourth-order valence-corrected chi connectivity index (χ4v) is 3.30. The van der Waals surface area contributed by atoms with Crippen LogP contribution in [0.25, 0.3) is 11.3 Å². The largest absolute Gasteiger partial charge is 0.490 e. The first-order valence-electron chi connectivity index (χ1n) is 8.82. The molecule has 9 heteroatoms. The van der Waals surface area contributed by atoms with Gasteiger partial charge in [-0.25, -0.2) is 4.98 Å². The number of nitro benzene ring substituents is 1. The summed E-state index contributed by atoms with van der Waals surface area (Å²) in [6.45, 7) is 4.18. The van der Waals surface area contributed by atoms with Crippen molar-refractivity contribution in [3.05, 3.63) is 63.0 Å². The number of benzene rings is 2. The Morgan fingerprint density at radius 2 is 2.07 bits per heavy atom. The van der Waals surface area contributed by atoms with Crippen molar-refractivity contribution < 1.29 is 14.4 Å². The first-order valence-corrected chi connectivity index (χ1v) is 9.70. The van der Waals surface area contributed by atoms with Crippen LogP contribution >= 0.6 is 11.3 Å². The van der Waals surface area contributed by atoms with E-state index in [1.807, 2.05) is 36.6 Å². The molecule has 1 aromatic heterocycles. The molecular weight excluding hydrogens is 392 g/mol. The van der Waals surface area contributed by atoms with Gasteiger partial charge in [-0.05, 0) is 19.9 Å². The standard InChI is InChI=1S/C20H20N4O4S/c1-4-28-18-10-14(9-17(24(25)26)19(18)27-3)11-21-23-20-22-16(12-29-20)15-7-5-13(2)6-8-15/h5-12H,4H2,1-3H3,(H,22,23)/b21-11-. The van der Waals surface area contributed by atoms with Gasteiger partial charge in [0.1, 0.15) is 0 Å². The van der Waals surface area contributed by atoms with Crippen LogP contribution in [-0.4, -0.2) is 29.8 Å². The van der Waals surface area contributed by atoms with Crippen LogP contribution in [0.4, 0.5) is 10.8 Å². The minimum absolute atomic E-state index is 0.0876. The van der Waals surface area contributed by atoms with Gasteiger partial charge in [-0.2, -0.15) is 5.10 Å². The molecule has 0 fully saturated rings. The van der Waals surface area contributed by atoms with Crippen LogP contribution in [0.5, 0.6) is 11.5 Å². The van der Waals surface area contributed by atoms with Gasteiger partial charge in [0, 0.05) is 22.6 Å². The summed E-state index contributed by atoms with van der Waals surface area (Å²) in [6, 6.07) is 11.1. The van der Waals surface area contributed by atoms with Crippen LogP contribution in [0.3, 0.4) is 0 Å². The molecule has 0 unspecified atom stereocenters. The number of methoxy groups -OCH3 is 1. The van der Waals surface area contributed by atoms with E-state index >= 15 is 0 Å². The highest BCUT2D eigenvalue weighted by atomic mass is 32.1. The maximum atomic E-state index is 11.3. The first-order chi connectivity index (χ1) is 14.0. The lowest BCUT2D eigenvalue weighted by Crippen LogP contribution is -2.01. The summed E-state index contributed by atoms with van der Waals surface area (Å²) in [5, 5.41) is 18.0. The van der Waals surface area contributed by atoms with Gasteiger partial charge in [-0.3, -0.25) is 15.5 Å². The SMILES string of the molecule is CCOc1cc(/C=N\Nc2nc(-c3ccc(C)cc3)cs2)cc([N+](=O)[O-])c1OC. The molecule has 0 atom stereocenters. The molecular formula is C20H20N4O4S. The van der Waals surface area contributed by atoms with E-state index in [4.69, 9.17) is 9.47 Å². The zero-order valence-corrected chi connectivity index (χ0v) is 17.0. The summed E-state index contributed by atoms with van der Waals surface area (Å²) in [5.74, 6) is 0.381. The van der Waals surface area contributed by atoms with E-state index in [1.165, 1.54) is 36.3 Å². The van der Waals surface area contributed by atoms with E-state index in [1.54, 1.807) is 13.0 Å². The highest BCUT2D eigenvalue weighted by Gasteiger charge is 2.21.